The van der Waals surface area contributed by atoms with Crippen LogP contribution in [0.4, 0.5) is 10.6 Å². The van der Waals surface area contributed by atoms with Crippen molar-refractivity contribution in [2.45, 2.75) is 58.8 Å². The third-order valence-corrected chi connectivity index (χ3v) is 6.81. The lowest BCUT2D eigenvalue weighted by Crippen LogP contribution is -2.58. The van der Waals surface area contributed by atoms with Crippen molar-refractivity contribution in [2.75, 3.05) is 20.2 Å². The summed E-state index contributed by atoms with van der Waals surface area (Å²) in [5.41, 5.74) is 2.16. The maximum atomic E-state index is 12.7. The van der Waals surface area contributed by atoms with Gasteiger partial charge in [0.05, 0.1) is 18.1 Å². The summed E-state index contributed by atoms with van der Waals surface area (Å²) in [5, 5.41) is 19.9. The van der Waals surface area contributed by atoms with Gasteiger partial charge in [-0.05, 0) is 58.9 Å². The SMILES string of the molecule is COc1ccc2c(O)c(C=C3N=Nc4ncccc43)oc2c1CN1C(C)CN(C(=O)OC(C)(C)C)CC1C. The Labute approximate surface area is 221 Å². The van der Waals surface area contributed by atoms with Gasteiger partial charge in [-0.3, -0.25) is 4.90 Å². The number of rotatable bonds is 4. The first-order chi connectivity index (χ1) is 18.1. The monoisotopic (exact) mass is 519 g/mol. The molecular formula is C28H33N5O5. The average Bonchev–Trinajstić information content (AvgIpc) is 3.41. The van der Waals surface area contributed by atoms with Gasteiger partial charge in [-0.2, -0.15) is 0 Å². The number of aromatic nitrogens is 1. The van der Waals surface area contributed by atoms with E-state index in [1.54, 1.807) is 30.3 Å². The molecule has 0 bridgehead atoms. The Kier molecular flexibility index (Phi) is 6.60. The molecule has 2 aromatic heterocycles. The fourth-order valence-corrected chi connectivity index (χ4v) is 5.03. The number of ether oxygens (including phenoxy) is 2. The van der Waals surface area contributed by atoms with E-state index in [2.05, 4.69) is 34.0 Å². The highest BCUT2D eigenvalue weighted by Gasteiger charge is 2.35. The molecule has 200 valence electrons. The number of piperazine rings is 1. The van der Waals surface area contributed by atoms with Gasteiger partial charge in [0.25, 0.3) is 0 Å². The van der Waals surface area contributed by atoms with E-state index in [9.17, 15) is 9.90 Å². The zero-order valence-corrected chi connectivity index (χ0v) is 22.6. The van der Waals surface area contributed by atoms with E-state index in [0.29, 0.717) is 47.9 Å². The van der Waals surface area contributed by atoms with Crippen molar-refractivity contribution >= 4 is 34.7 Å². The first-order valence-electron chi connectivity index (χ1n) is 12.7. The zero-order valence-electron chi connectivity index (χ0n) is 22.6. The summed E-state index contributed by atoms with van der Waals surface area (Å²) in [6.07, 6.45) is 3.03. The Morgan fingerprint density at radius 1 is 1.18 bits per heavy atom. The smallest absolute Gasteiger partial charge is 0.410 e. The average molecular weight is 520 g/mol. The van der Waals surface area contributed by atoms with Crippen molar-refractivity contribution in [1.82, 2.24) is 14.8 Å². The Bertz CT molecular complexity index is 1430. The highest BCUT2D eigenvalue weighted by atomic mass is 16.6. The fourth-order valence-electron chi connectivity index (χ4n) is 5.03. The Hall–Kier alpha value is -3.92. The van der Waals surface area contributed by atoms with Crippen LogP contribution in [0, 0.1) is 0 Å². The molecule has 5 rings (SSSR count). The van der Waals surface area contributed by atoms with Crippen LogP contribution >= 0.6 is 0 Å². The Morgan fingerprint density at radius 3 is 2.61 bits per heavy atom. The number of carbonyl (C=O) groups is 1. The Balaban J connectivity index is 1.45. The first-order valence-corrected chi connectivity index (χ1v) is 12.7. The van der Waals surface area contributed by atoms with Crippen LogP contribution in [0.3, 0.4) is 0 Å². The summed E-state index contributed by atoms with van der Waals surface area (Å²) in [4.78, 5) is 21.0. The van der Waals surface area contributed by atoms with Crippen LogP contribution < -0.4 is 4.74 Å². The molecule has 1 amide bonds. The molecule has 2 aliphatic heterocycles. The maximum absolute atomic E-state index is 12.7. The third kappa shape index (κ3) is 4.83. The van der Waals surface area contributed by atoms with Crippen LogP contribution in [0.15, 0.2) is 45.1 Å². The zero-order chi connectivity index (χ0) is 27.2. The minimum absolute atomic E-state index is 0.0276. The van der Waals surface area contributed by atoms with Gasteiger partial charge in [0.1, 0.15) is 22.6 Å². The molecule has 10 nitrogen and oxygen atoms in total. The first kappa shape index (κ1) is 25.7. The van der Waals surface area contributed by atoms with Crippen molar-refractivity contribution < 1.29 is 23.8 Å². The molecule has 0 spiro atoms. The topological polar surface area (TPSA) is 113 Å². The maximum Gasteiger partial charge on any atom is 0.410 e. The number of hydrogen-bond donors (Lipinski definition) is 1. The van der Waals surface area contributed by atoms with Gasteiger partial charge in [0, 0.05) is 49.6 Å². The second kappa shape index (κ2) is 9.75. The molecule has 10 heteroatoms. The molecule has 0 radical (unpaired) electrons. The lowest BCUT2D eigenvalue weighted by atomic mass is 10.0. The number of aromatic hydroxyl groups is 1. The molecule has 2 atom stereocenters. The fraction of sp³-hybridized carbons (Fsp3) is 0.429. The van der Waals surface area contributed by atoms with E-state index in [4.69, 9.17) is 13.9 Å². The molecule has 0 saturated carbocycles. The minimum Gasteiger partial charge on any atom is -0.504 e. The van der Waals surface area contributed by atoms with Crippen LogP contribution in [0.2, 0.25) is 0 Å². The highest BCUT2D eigenvalue weighted by molar-refractivity contribution is 5.95. The Morgan fingerprint density at radius 2 is 1.92 bits per heavy atom. The molecular weight excluding hydrogens is 486 g/mol. The van der Waals surface area contributed by atoms with E-state index in [1.807, 2.05) is 39.0 Å². The van der Waals surface area contributed by atoms with Crippen LogP contribution in [0.5, 0.6) is 11.5 Å². The van der Waals surface area contributed by atoms with Gasteiger partial charge < -0.3 is 23.9 Å². The number of methoxy groups -OCH3 is 1. The van der Waals surface area contributed by atoms with Gasteiger partial charge in [-0.1, -0.05) is 0 Å². The van der Waals surface area contributed by atoms with E-state index < -0.39 is 5.60 Å². The molecule has 1 N–H and O–H groups in total. The molecule has 2 aliphatic rings. The van der Waals surface area contributed by atoms with Crippen molar-refractivity contribution in [1.29, 1.82) is 0 Å². The summed E-state index contributed by atoms with van der Waals surface area (Å²) in [6.45, 7) is 11.4. The normalized spacial score (nSPS) is 20.8. The summed E-state index contributed by atoms with van der Waals surface area (Å²) >= 11 is 0. The van der Waals surface area contributed by atoms with E-state index in [-0.39, 0.29) is 29.7 Å². The number of fused-ring (bicyclic) bond motifs is 2. The second-order valence-corrected chi connectivity index (χ2v) is 10.8. The number of pyridine rings is 1. The van der Waals surface area contributed by atoms with Crippen LogP contribution in [0.1, 0.15) is 51.5 Å². The molecule has 2 unspecified atom stereocenters. The molecule has 38 heavy (non-hydrogen) atoms. The van der Waals surface area contributed by atoms with Crippen molar-refractivity contribution in [2.24, 2.45) is 10.2 Å². The number of amides is 1. The van der Waals surface area contributed by atoms with Crippen LogP contribution in [-0.2, 0) is 11.3 Å². The largest absolute Gasteiger partial charge is 0.504 e. The molecule has 1 aromatic carbocycles. The van der Waals surface area contributed by atoms with Crippen LogP contribution in [-0.4, -0.2) is 63.9 Å². The predicted octanol–water partition coefficient (Wildman–Crippen LogP) is 5.97. The standard InChI is InChI=1S/C28H33N5O5/c1-16-13-32(27(35)38-28(3,4)5)14-17(2)33(16)15-20-22(36-6)10-9-19-24(34)23(37-25(19)20)12-21-18-8-7-11-29-26(18)31-30-21/h7-12,16-17,34H,13-15H2,1-6H3. The molecule has 3 aromatic rings. The van der Waals surface area contributed by atoms with Gasteiger partial charge in [0.2, 0.25) is 0 Å². The number of benzene rings is 1. The number of carbonyl (C=O) groups excluding carboxylic acids is 1. The number of furan rings is 1. The number of azo groups is 1. The summed E-state index contributed by atoms with van der Waals surface area (Å²) in [5.74, 6) is 1.51. The van der Waals surface area contributed by atoms with Gasteiger partial charge >= 0.3 is 6.09 Å². The van der Waals surface area contributed by atoms with Gasteiger partial charge in [-0.25, -0.2) is 9.78 Å². The summed E-state index contributed by atoms with van der Waals surface area (Å²) < 4.78 is 17.5. The summed E-state index contributed by atoms with van der Waals surface area (Å²) in [7, 11) is 1.62. The van der Waals surface area contributed by atoms with Crippen molar-refractivity contribution in [3.8, 4) is 11.5 Å². The molecule has 1 saturated heterocycles. The lowest BCUT2D eigenvalue weighted by Gasteiger charge is -2.44. The number of nitrogens with zero attached hydrogens (tertiary/aromatic N) is 5. The van der Waals surface area contributed by atoms with Crippen molar-refractivity contribution in [3.05, 3.63) is 47.3 Å². The lowest BCUT2D eigenvalue weighted by molar-refractivity contribution is -0.00979. The van der Waals surface area contributed by atoms with Crippen molar-refractivity contribution in [3.63, 3.8) is 0 Å². The van der Waals surface area contributed by atoms with E-state index >= 15 is 0 Å². The quantitative estimate of drug-likeness (QED) is 0.452. The minimum atomic E-state index is -0.545. The summed E-state index contributed by atoms with van der Waals surface area (Å²) in [6, 6.07) is 7.43. The third-order valence-electron chi connectivity index (χ3n) is 6.81. The van der Waals surface area contributed by atoms with Gasteiger partial charge in [-0.15, -0.1) is 10.2 Å². The highest BCUT2D eigenvalue weighted by Crippen LogP contribution is 2.42. The van der Waals surface area contributed by atoms with E-state index in [1.165, 1.54) is 0 Å². The predicted molar refractivity (Wildman–Crippen MR) is 143 cm³/mol. The molecule has 1 fully saturated rings. The van der Waals surface area contributed by atoms with Crippen LogP contribution in [0.25, 0.3) is 22.7 Å². The van der Waals surface area contributed by atoms with Gasteiger partial charge in [0.15, 0.2) is 17.3 Å². The second-order valence-electron chi connectivity index (χ2n) is 10.8. The van der Waals surface area contributed by atoms with E-state index in [0.717, 1.165) is 11.1 Å². The molecule has 0 aliphatic carbocycles. The molecule has 4 heterocycles. The number of hydrogen-bond acceptors (Lipinski definition) is 9.